The van der Waals surface area contributed by atoms with Crippen molar-refractivity contribution in [3.63, 3.8) is 0 Å². The zero-order valence-electron chi connectivity index (χ0n) is 23.6. The van der Waals surface area contributed by atoms with Crippen molar-refractivity contribution in [2.75, 3.05) is 26.8 Å². The van der Waals surface area contributed by atoms with Crippen molar-refractivity contribution in [2.24, 2.45) is 0 Å². The topological polar surface area (TPSA) is 84.9 Å². The Balaban J connectivity index is 0.00000387. The van der Waals surface area contributed by atoms with Crippen LogP contribution in [0.3, 0.4) is 0 Å². The lowest BCUT2D eigenvalue weighted by Gasteiger charge is -2.42. The summed E-state index contributed by atoms with van der Waals surface area (Å²) in [6.07, 6.45) is 2.40. The van der Waals surface area contributed by atoms with E-state index in [1.54, 1.807) is 19.2 Å². The number of ether oxygens (including phenoxy) is 2. The first-order chi connectivity index (χ1) is 19.5. The van der Waals surface area contributed by atoms with E-state index in [-0.39, 0.29) is 43.2 Å². The molecule has 3 aromatic rings. The van der Waals surface area contributed by atoms with Crippen LogP contribution in [-0.2, 0) is 19.7 Å². The molecule has 1 aliphatic carbocycles. The van der Waals surface area contributed by atoms with E-state index in [2.05, 4.69) is 5.32 Å². The molecule has 3 aromatic carbocycles. The van der Waals surface area contributed by atoms with Crippen molar-refractivity contribution in [3.8, 4) is 5.75 Å². The van der Waals surface area contributed by atoms with E-state index in [1.807, 2.05) is 78.6 Å². The summed E-state index contributed by atoms with van der Waals surface area (Å²) in [7, 11) is 1.55. The summed E-state index contributed by atoms with van der Waals surface area (Å²) in [5, 5.41) is 3.11. The van der Waals surface area contributed by atoms with Crippen LogP contribution in [0.15, 0.2) is 78.9 Å². The van der Waals surface area contributed by atoms with Gasteiger partial charge in [-0.15, -0.1) is 0 Å². The summed E-state index contributed by atoms with van der Waals surface area (Å²) in [6.45, 7) is 3.24. The smallest absolute Gasteiger partial charge is 0.321 e. The van der Waals surface area contributed by atoms with Crippen molar-refractivity contribution < 1.29 is 23.9 Å². The van der Waals surface area contributed by atoms with E-state index >= 15 is 0 Å². The first kappa shape index (κ1) is 30.2. The lowest BCUT2D eigenvalue weighted by atomic mass is 9.63. The molecule has 216 valence electrons. The number of esters is 1. The van der Waals surface area contributed by atoms with Crippen molar-refractivity contribution in [2.45, 2.75) is 50.0 Å². The second kappa shape index (κ2) is 13.3. The van der Waals surface area contributed by atoms with E-state index in [4.69, 9.17) is 9.47 Å². The second-order valence-corrected chi connectivity index (χ2v) is 10.4. The van der Waals surface area contributed by atoms with Gasteiger partial charge >= 0.3 is 5.97 Å². The van der Waals surface area contributed by atoms with E-state index in [0.29, 0.717) is 56.7 Å². The van der Waals surface area contributed by atoms with Crippen LogP contribution in [0.1, 0.15) is 65.6 Å². The highest BCUT2D eigenvalue weighted by Gasteiger charge is 2.50. The molecule has 8 heteroatoms. The number of hydrogen-bond acceptors (Lipinski definition) is 5. The van der Waals surface area contributed by atoms with Gasteiger partial charge in [0.25, 0.3) is 5.91 Å². The summed E-state index contributed by atoms with van der Waals surface area (Å²) < 4.78 is 10.9. The maximum atomic E-state index is 13.9. The van der Waals surface area contributed by atoms with E-state index in [9.17, 15) is 14.4 Å². The molecule has 41 heavy (non-hydrogen) atoms. The van der Waals surface area contributed by atoms with Gasteiger partial charge < -0.3 is 19.7 Å². The molecule has 2 atom stereocenters. The highest BCUT2D eigenvalue weighted by molar-refractivity contribution is 7.59. The van der Waals surface area contributed by atoms with Gasteiger partial charge in [0.15, 0.2) is 0 Å². The molecule has 0 saturated carbocycles. The summed E-state index contributed by atoms with van der Waals surface area (Å²) >= 11 is 0. The molecule has 5 rings (SSSR count). The first-order valence-electron chi connectivity index (χ1n) is 14.0. The maximum absolute atomic E-state index is 13.9. The lowest BCUT2D eigenvalue weighted by Crippen LogP contribution is -2.49. The predicted octanol–water partition coefficient (Wildman–Crippen LogP) is 4.96. The number of rotatable bonds is 7. The fraction of sp³-hybridized carbons (Fsp3) is 0.364. The molecule has 2 aliphatic rings. The number of carbonyl (C=O) groups excluding carboxylic acids is 3. The average Bonchev–Trinajstić information content (AvgIpc) is 3.01. The minimum absolute atomic E-state index is 0. The number of amides is 2. The average molecular weight is 575 g/mol. The number of likely N-dealkylation sites (tertiary alicyclic amines) is 1. The summed E-state index contributed by atoms with van der Waals surface area (Å²) in [6, 6.07) is 24.7. The molecule has 1 aliphatic heterocycles. The monoisotopic (exact) mass is 574 g/mol. The van der Waals surface area contributed by atoms with Gasteiger partial charge in [0, 0.05) is 19.1 Å². The van der Waals surface area contributed by atoms with Gasteiger partial charge in [-0.1, -0.05) is 66.7 Å². The van der Waals surface area contributed by atoms with Crippen LogP contribution in [0.2, 0.25) is 0 Å². The van der Waals surface area contributed by atoms with E-state index < -0.39 is 5.41 Å². The van der Waals surface area contributed by atoms with Crippen molar-refractivity contribution in [3.05, 3.63) is 101 Å². The van der Waals surface area contributed by atoms with Gasteiger partial charge in [0.2, 0.25) is 5.91 Å². The van der Waals surface area contributed by atoms with Gasteiger partial charge in [-0.05, 0) is 61.4 Å². The number of methoxy groups -OCH3 is 1. The number of nitrogens with one attached hydrogen (secondary N) is 1. The normalized spacial score (nSPS) is 20.2. The zero-order chi connectivity index (χ0) is 28.1. The minimum Gasteiger partial charge on any atom is -0.496 e. The standard InChI is InChI=1S/C33H36N2O5.H2S/c1-3-40-32(38)33(23-11-5-4-6-12-23)20-17-26(25-13-7-9-15-28(25)33)31(37)35-21-18-24(19-22-35)34-30(36)27-14-8-10-16-29(27)39-2;/h4-16,24,26H,3,17-22H2,1-2H3,(H,34,36);1H2/t26-,33+;/m1./s1. The largest absolute Gasteiger partial charge is 0.496 e. The van der Waals surface area contributed by atoms with Crippen LogP contribution in [-0.4, -0.2) is 55.5 Å². The number of piperidine rings is 1. The Morgan fingerprint density at radius 1 is 0.902 bits per heavy atom. The minimum atomic E-state index is -0.944. The Hall–Kier alpha value is -3.78. The molecule has 0 radical (unpaired) electrons. The van der Waals surface area contributed by atoms with E-state index in [1.165, 1.54) is 0 Å². The molecule has 1 N–H and O–H groups in total. The molecule has 1 heterocycles. The second-order valence-electron chi connectivity index (χ2n) is 10.4. The van der Waals surface area contributed by atoms with Gasteiger partial charge in [0.1, 0.15) is 11.2 Å². The number of para-hydroxylation sites is 1. The first-order valence-corrected chi connectivity index (χ1v) is 14.0. The molecular formula is C33H38N2O5S. The highest BCUT2D eigenvalue weighted by Crippen LogP contribution is 2.48. The number of benzene rings is 3. The Labute approximate surface area is 248 Å². The van der Waals surface area contributed by atoms with Crippen LogP contribution < -0.4 is 10.1 Å². The maximum Gasteiger partial charge on any atom is 0.321 e. The van der Waals surface area contributed by atoms with Crippen molar-refractivity contribution in [1.82, 2.24) is 10.2 Å². The lowest BCUT2D eigenvalue weighted by molar-refractivity contribution is -0.149. The third-order valence-corrected chi connectivity index (χ3v) is 8.29. The molecule has 0 unspecified atom stereocenters. The van der Waals surface area contributed by atoms with Crippen LogP contribution >= 0.6 is 13.5 Å². The number of hydrogen-bond donors (Lipinski definition) is 1. The van der Waals surface area contributed by atoms with Crippen LogP contribution in [0.5, 0.6) is 5.75 Å². The predicted molar refractivity (Wildman–Crippen MR) is 163 cm³/mol. The highest BCUT2D eigenvalue weighted by atomic mass is 32.1. The quantitative estimate of drug-likeness (QED) is 0.404. The molecule has 1 fully saturated rings. The fourth-order valence-corrected chi connectivity index (χ4v) is 6.26. The van der Waals surface area contributed by atoms with Gasteiger partial charge in [-0.3, -0.25) is 14.4 Å². The number of nitrogens with zero attached hydrogens (tertiary/aromatic N) is 1. The summed E-state index contributed by atoms with van der Waals surface area (Å²) in [4.78, 5) is 42.2. The Kier molecular flexibility index (Phi) is 9.76. The summed E-state index contributed by atoms with van der Waals surface area (Å²) in [5.74, 6) is -0.154. The van der Waals surface area contributed by atoms with Crippen molar-refractivity contribution >= 4 is 31.3 Å². The molecular weight excluding hydrogens is 536 g/mol. The van der Waals surface area contributed by atoms with E-state index in [0.717, 1.165) is 16.7 Å². The molecule has 1 saturated heterocycles. The SMILES string of the molecule is CCOC(=O)[C@]1(c2ccccc2)CC[C@@H](C(=O)N2CCC(NC(=O)c3ccccc3OC)CC2)c2ccccc21.S. The fourth-order valence-electron chi connectivity index (χ4n) is 6.26. The van der Waals surface area contributed by atoms with Crippen molar-refractivity contribution in [1.29, 1.82) is 0 Å². The molecule has 0 bridgehead atoms. The Bertz CT molecular complexity index is 1370. The zero-order valence-corrected chi connectivity index (χ0v) is 24.6. The Morgan fingerprint density at radius 2 is 1.56 bits per heavy atom. The number of carbonyl (C=O) groups is 3. The van der Waals surface area contributed by atoms with Gasteiger partial charge in [0.05, 0.1) is 25.2 Å². The molecule has 0 aromatic heterocycles. The van der Waals surface area contributed by atoms with Crippen LogP contribution in [0.25, 0.3) is 0 Å². The molecule has 2 amide bonds. The molecule has 0 spiro atoms. The number of fused-ring (bicyclic) bond motifs is 1. The van der Waals surface area contributed by atoms with Gasteiger partial charge in [-0.25, -0.2) is 0 Å². The van der Waals surface area contributed by atoms with Gasteiger partial charge in [-0.2, -0.15) is 13.5 Å². The third-order valence-electron chi connectivity index (χ3n) is 8.29. The summed E-state index contributed by atoms with van der Waals surface area (Å²) in [5.41, 5.74) is 2.19. The van der Waals surface area contributed by atoms with Crippen LogP contribution in [0.4, 0.5) is 0 Å². The van der Waals surface area contributed by atoms with Crippen LogP contribution in [0, 0.1) is 0 Å². The third kappa shape index (κ3) is 5.84. The molecule has 7 nitrogen and oxygen atoms in total. The Morgan fingerprint density at radius 3 is 2.27 bits per heavy atom.